The molecule has 14 nitrogen and oxygen atoms in total. The van der Waals surface area contributed by atoms with E-state index < -0.39 is 0 Å². The summed E-state index contributed by atoms with van der Waals surface area (Å²) in [4.78, 5) is 31.5. The first kappa shape index (κ1) is 38.0. The Morgan fingerprint density at radius 2 is 1.20 bits per heavy atom. The van der Waals surface area contributed by atoms with Gasteiger partial charge in [0.1, 0.15) is 29.5 Å². The highest BCUT2D eigenvalue weighted by Gasteiger charge is 2.25. The van der Waals surface area contributed by atoms with Crippen LogP contribution in [0.2, 0.25) is 5.28 Å². The molecule has 286 valence electrons. The number of ether oxygens (including phenoxy) is 4. The molecule has 0 amide bonds. The van der Waals surface area contributed by atoms with Gasteiger partial charge in [0, 0.05) is 35.3 Å². The van der Waals surface area contributed by atoms with Crippen molar-refractivity contribution in [2.24, 2.45) is 0 Å². The van der Waals surface area contributed by atoms with Crippen molar-refractivity contribution in [3.05, 3.63) is 83.4 Å². The number of aliphatic hydroxyl groups is 2. The van der Waals surface area contributed by atoms with E-state index in [0.29, 0.717) is 54.8 Å². The summed E-state index contributed by atoms with van der Waals surface area (Å²) in [6.07, 6.45) is 1.56. The van der Waals surface area contributed by atoms with Gasteiger partial charge in [0.05, 0.1) is 88.1 Å². The van der Waals surface area contributed by atoms with Gasteiger partial charge in [0.25, 0.3) is 0 Å². The lowest BCUT2D eigenvalue weighted by atomic mass is 10.1. The smallest absolute Gasteiger partial charge is 0.226 e. The van der Waals surface area contributed by atoms with Crippen LogP contribution in [0.3, 0.4) is 0 Å². The van der Waals surface area contributed by atoms with E-state index in [2.05, 4.69) is 43.6 Å². The fourth-order valence-corrected chi connectivity index (χ4v) is 7.03. The molecule has 0 aliphatic carbocycles. The molecule has 0 bridgehead atoms. The third-order valence-corrected chi connectivity index (χ3v) is 9.93. The van der Waals surface area contributed by atoms with E-state index in [1.165, 1.54) is 0 Å². The van der Waals surface area contributed by atoms with Crippen LogP contribution in [0.15, 0.2) is 67.0 Å². The van der Waals surface area contributed by atoms with Gasteiger partial charge in [-0.3, -0.25) is 0 Å². The second kappa shape index (κ2) is 17.0. The fraction of sp³-hybridized carbons (Fsp3) is 0.350. The maximum atomic E-state index is 9.58. The van der Waals surface area contributed by atoms with Gasteiger partial charge in [0.15, 0.2) is 11.3 Å². The minimum absolute atomic E-state index is 0.0914. The second-order valence-corrected chi connectivity index (χ2v) is 13.6. The monoisotopic (exact) mass is 766 g/mol. The molecular weight excluding hydrogens is 724 g/mol. The van der Waals surface area contributed by atoms with Crippen molar-refractivity contribution in [2.45, 2.75) is 39.1 Å². The fourth-order valence-electron chi connectivity index (χ4n) is 6.87. The standard InChI is InChI=1S/C20H21ClN4O3.C20H22N4O3/c1-12-11-28-8-7-25(12)19-15-4-5-16(22-18(15)23-20(21)24-19)13-3-6-17(27-2)14(9-13)10-26;1-13-11-27-8-7-24(13)20-16-4-5-17(23-19(16)21-12-22-20)14-3-6-18(26-2)15(9-14)10-25/h3-6,9,12,26H,7-8,10-11H2,1-2H3;3-6,9,12-13,25H,7-8,10-11H2,1-2H3/t12-;13-/m00/s1. The van der Waals surface area contributed by atoms with Crippen LogP contribution in [0.1, 0.15) is 25.0 Å². The second-order valence-electron chi connectivity index (χ2n) is 13.3. The largest absolute Gasteiger partial charge is 0.496 e. The number of anilines is 2. The third kappa shape index (κ3) is 8.09. The Bertz CT molecular complexity index is 2300. The van der Waals surface area contributed by atoms with Crippen LogP contribution >= 0.6 is 11.6 Å². The van der Waals surface area contributed by atoms with Gasteiger partial charge in [0.2, 0.25) is 5.28 Å². The molecule has 2 atom stereocenters. The Morgan fingerprint density at radius 1 is 0.673 bits per heavy atom. The predicted molar refractivity (Wildman–Crippen MR) is 211 cm³/mol. The number of halogens is 1. The highest BCUT2D eigenvalue weighted by atomic mass is 35.5. The maximum Gasteiger partial charge on any atom is 0.226 e. The maximum absolute atomic E-state index is 9.58. The molecule has 2 aromatic carbocycles. The Labute approximate surface area is 323 Å². The summed E-state index contributed by atoms with van der Waals surface area (Å²) >= 11 is 6.21. The van der Waals surface area contributed by atoms with Crippen molar-refractivity contribution in [3.63, 3.8) is 0 Å². The van der Waals surface area contributed by atoms with Crippen molar-refractivity contribution in [2.75, 3.05) is 63.5 Å². The van der Waals surface area contributed by atoms with E-state index in [9.17, 15) is 10.2 Å². The lowest BCUT2D eigenvalue weighted by Crippen LogP contribution is -2.44. The normalized spacial score (nSPS) is 17.2. The van der Waals surface area contributed by atoms with Crippen LogP contribution in [0, 0.1) is 0 Å². The summed E-state index contributed by atoms with van der Waals surface area (Å²) in [5, 5.41) is 21.1. The number of methoxy groups -OCH3 is 2. The molecule has 0 saturated carbocycles. The molecule has 2 saturated heterocycles. The van der Waals surface area contributed by atoms with Crippen LogP contribution in [-0.4, -0.2) is 106 Å². The van der Waals surface area contributed by atoms with Crippen LogP contribution in [-0.2, 0) is 22.7 Å². The Balaban J connectivity index is 0.000000169. The topological polar surface area (TPSA) is 161 Å². The van der Waals surface area contributed by atoms with Gasteiger partial charge in [-0.1, -0.05) is 0 Å². The number of aromatic nitrogens is 6. The van der Waals surface area contributed by atoms with Gasteiger partial charge < -0.3 is 39.0 Å². The molecule has 2 aliphatic rings. The molecule has 0 unspecified atom stereocenters. The van der Waals surface area contributed by atoms with Gasteiger partial charge in [-0.25, -0.2) is 19.9 Å². The molecule has 2 N–H and O–H groups in total. The first-order valence-corrected chi connectivity index (χ1v) is 18.4. The molecule has 0 spiro atoms. The van der Waals surface area contributed by atoms with Gasteiger partial charge in [-0.2, -0.15) is 9.97 Å². The number of pyridine rings is 2. The first-order chi connectivity index (χ1) is 26.8. The summed E-state index contributed by atoms with van der Waals surface area (Å²) in [5.74, 6) is 2.96. The Hall–Kier alpha value is -5.25. The molecule has 15 heteroatoms. The van der Waals surface area contributed by atoms with E-state index in [-0.39, 0.29) is 30.6 Å². The lowest BCUT2D eigenvalue weighted by molar-refractivity contribution is 0.0986. The SMILES string of the molecule is COc1ccc(-c2ccc3c(N4CCOC[C@@H]4C)nc(Cl)nc3n2)cc1CO.COc1ccc(-c2ccc3c(N4CCOC[C@@H]4C)ncnc3n2)cc1CO. The lowest BCUT2D eigenvalue weighted by Gasteiger charge is -2.34. The molecule has 55 heavy (non-hydrogen) atoms. The first-order valence-electron chi connectivity index (χ1n) is 18.0. The van der Waals surface area contributed by atoms with Crippen molar-refractivity contribution in [3.8, 4) is 34.0 Å². The number of benzene rings is 2. The molecule has 8 rings (SSSR count). The number of hydrogen-bond donors (Lipinski definition) is 2. The number of nitrogens with zero attached hydrogens (tertiary/aromatic N) is 8. The molecule has 2 aliphatic heterocycles. The van der Waals surface area contributed by atoms with Crippen LogP contribution in [0.4, 0.5) is 11.6 Å². The quantitative estimate of drug-likeness (QED) is 0.187. The minimum Gasteiger partial charge on any atom is -0.496 e. The average Bonchev–Trinajstić information content (AvgIpc) is 3.22. The number of rotatable bonds is 8. The molecule has 6 heterocycles. The number of morpholine rings is 2. The zero-order chi connectivity index (χ0) is 38.5. The van der Waals surface area contributed by atoms with Crippen molar-refractivity contribution in [1.29, 1.82) is 0 Å². The highest BCUT2D eigenvalue weighted by molar-refractivity contribution is 6.28. The van der Waals surface area contributed by atoms with E-state index >= 15 is 0 Å². The van der Waals surface area contributed by atoms with E-state index in [4.69, 9.17) is 40.5 Å². The van der Waals surface area contributed by atoms with Crippen molar-refractivity contribution in [1.82, 2.24) is 29.9 Å². The minimum atomic E-state index is -0.113. The van der Waals surface area contributed by atoms with E-state index in [0.717, 1.165) is 63.6 Å². The van der Waals surface area contributed by atoms with Crippen molar-refractivity contribution >= 4 is 45.3 Å². The Kier molecular flexibility index (Phi) is 11.8. The van der Waals surface area contributed by atoms with E-state index in [1.807, 2.05) is 60.7 Å². The summed E-state index contributed by atoms with van der Waals surface area (Å²) in [6.45, 7) is 8.23. The summed E-state index contributed by atoms with van der Waals surface area (Å²) in [6, 6.07) is 19.6. The number of fused-ring (bicyclic) bond motifs is 2. The van der Waals surface area contributed by atoms with Crippen molar-refractivity contribution < 1.29 is 29.2 Å². The highest BCUT2D eigenvalue weighted by Crippen LogP contribution is 2.32. The summed E-state index contributed by atoms with van der Waals surface area (Å²) in [7, 11) is 3.17. The number of aliphatic hydroxyl groups excluding tert-OH is 2. The number of hydrogen-bond acceptors (Lipinski definition) is 14. The zero-order valence-corrected chi connectivity index (χ0v) is 31.9. The molecule has 0 radical (unpaired) electrons. The van der Waals surface area contributed by atoms with Crippen LogP contribution in [0.25, 0.3) is 44.6 Å². The molecule has 6 aromatic rings. The van der Waals surface area contributed by atoms with Gasteiger partial charge in [-0.15, -0.1) is 0 Å². The summed E-state index contributed by atoms with van der Waals surface area (Å²) in [5.41, 5.74) is 5.91. The molecule has 4 aromatic heterocycles. The average molecular weight is 767 g/mol. The van der Waals surface area contributed by atoms with Gasteiger partial charge in [-0.05, 0) is 86.1 Å². The third-order valence-electron chi connectivity index (χ3n) is 9.76. The van der Waals surface area contributed by atoms with Crippen LogP contribution in [0.5, 0.6) is 11.5 Å². The van der Waals surface area contributed by atoms with Crippen LogP contribution < -0.4 is 19.3 Å². The Morgan fingerprint density at radius 3 is 1.73 bits per heavy atom. The van der Waals surface area contributed by atoms with E-state index in [1.54, 1.807) is 20.5 Å². The molecule has 2 fully saturated rings. The predicted octanol–water partition coefficient (Wildman–Crippen LogP) is 5.49. The summed E-state index contributed by atoms with van der Waals surface area (Å²) < 4.78 is 21.6. The van der Waals surface area contributed by atoms with Gasteiger partial charge >= 0.3 is 0 Å². The molecular formula is C40H43ClN8O6. The zero-order valence-electron chi connectivity index (χ0n) is 31.1.